The first-order valence-corrected chi connectivity index (χ1v) is 11.0. The first-order valence-electron chi connectivity index (χ1n) is 11.0. The zero-order valence-electron chi connectivity index (χ0n) is 18.2. The van der Waals surface area contributed by atoms with Gasteiger partial charge in [0, 0.05) is 55.4 Å². The van der Waals surface area contributed by atoms with E-state index in [9.17, 15) is 18.4 Å². The molecule has 0 radical (unpaired) electrons. The summed E-state index contributed by atoms with van der Waals surface area (Å²) >= 11 is 0. The third kappa shape index (κ3) is 5.82. The van der Waals surface area contributed by atoms with E-state index in [1.165, 1.54) is 0 Å². The van der Waals surface area contributed by atoms with Gasteiger partial charge < -0.3 is 5.32 Å². The Hall–Kier alpha value is -2.47. The number of nitrogens with one attached hydrogen (secondary N) is 1. The van der Waals surface area contributed by atoms with E-state index >= 15 is 0 Å². The highest BCUT2D eigenvalue weighted by Crippen LogP contribution is 2.34. The predicted molar refractivity (Wildman–Crippen MR) is 117 cm³/mol. The van der Waals surface area contributed by atoms with E-state index in [0.717, 1.165) is 5.56 Å². The summed E-state index contributed by atoms with van der Waals surface area (Å²) in [5, 5.41) is 3.01. The third-order valence-corrected chi connectivity index (χ3v) is 6.10. The van der Waals surface area contributed by atoms with Gasteiger partial charge in [0.25, 0.3) is 5.92 Å². The van der Waals surface area contributed by atoms with E-state index in [1.54, 1.807) is 19.1 Å². The number of ketones is 2. The number of halogens is 2. The zero-order chi connectivity index (χ0) is 22.4. The smallest absolute Gasteiger partial charge is 0.253 e. The number of pyridine rings is 1. The number of hydrogen-bond donors (Lipinski definition) is 1. The number of nitrogens with zero attached hydrogens (tertiary/aromatic N) is 1. The van der Waals surface area contributed by atoms with Crippen LogP contribution in [0.15, 0.2) is 42.5 Å². The summed E-state index contributed by atoms with van der Waals surface area (Å²) in [7, 11) is 0. The molecule has 31 heavy (non-hydrogen) atoms. The molecule has 2 aromatic rings. The molecule has 0 unspecified atom stereocenters. The van der Waals surface area contributed by atoms with Crippen molar-refractivity contribution in [3.05, 3.63) is 65.0 Å². The topological polar surface area (TPSA) is 59.1 Å². The van der Waals surface area contributed by atoms with Crippen LogP contribution in [0.3, 0.4) is 0 Å². The van der Waals surface area contributed by atoms with Gasteiger partial charge in [-0.1, -0.05) is 44.2 Å². The molecule has 1 aliphatic heterocycles. The standard InChI is InChI=1S/C25H30F2N2O2/c1-3-23(30)22-15-19(14-21(29-22)17(2)18-8-5-4-6-9-18)24(31)11-7-10-20-16-28-13-12-25(20,26)27/h4-6,8-9,14-15,17,20,28H,3,7,10-13,16H2,1-2H3/t17-,20-/m0/s1. The highest BCUT2D eigenvalue weighted by atomic mass is 19.3. The highest BCUT2D eigenvalue weighted by Gasteiger charge is 2.40. The van der Waals surface area contributed by atoms with E-state index in [-0.39, 0.29) is 42.6 Å². The number of hydrogen-bond acceptors (Lipinski definition) is 4. The number of alkyl halides is 2. The van der Waals surface area contributed by atoms with Gasteiger partial charge >= 0.3 is 0 Å². The molecular weight excluding hydrogens is 398 g/mol. The monoisotopic (exact) mass is 428 g/mol. The highest BCUT2D eigenvalue weighted by molar-refractivity contribution is 6.00. The van der Waals surface area contributed by atoms with Gasteiger partial charge in [-0.3, -0.25) is 9.59 Å². The predicted octanol–water partition coefficient (Wildman–Crippen LogP) is 5.42. The fraction of sp³-hybridized carbons (Fsp3) is 0.480. The van der Waals surface area contributed by atoms with Gasteiger partial charge in [-0.2, -0.15) is 0 Å². The SMILES string of the molecule is CCC(=O)c1cc(C(=O)CCC[C@H]2CNCCC2(F)F)cc([C@@H](C)c2ccccc2)n1. The summed E-state index contributed by atoms with van der Waals surface area (Å²) in [6.45, 7) is 4.36. The number of piperidine rings is 1. The van der Waals surface area contributed by atoms with Gasteiger partial charge in [0.2, 0.25) is 0 Å². The summed E-state index contributed by atoms with van der Waals surface area (Å²) in [6, 6.07) is 13.1. The Labute approximate surface area is 182 Å². The van der Waals surface area contributed by atoms with Crippen molar-refractivity contribution in [1.82, 2.24) is 10.3 Å². The van der Waals surface area contributed by atoms with Crippen molar-refractivity contribution in [2.75, 3.05) is 13.1 Å². The quantitative estimate of drug-likeness (QED) is 0.542. The Morgan fingerprint density at radius 2 is 1.94 bits per heavy atom. The molecule has 0 bridgehead atoms. The van der Waals surface area contributed by atoms with Gasteiger partial charge in [-0.15, -0.1) is 0 Å². The molecule has 1 N–H and O–H groups in total. The summed E-state index contributed by atoms with van der Waals surface area (Å²) in [6.07, 6.45) is 1.01. The molecule has 2 heterocycles. The molecular formula is C25H30F2N2O2. The van der Waals surface area contributed by atoms with Gasteiger partial charge in [0.15, 0.2) is 11.6 Å². The second kappa shape index (κ2) is 10.2. The average Bonchev–Trinajstić information content (AvgIpc) is 2.79. The lowest BCUT2D eigenvalue weighted by Gasteiger charge is -2.31. The summed E-state index contributed by atoms with van der Waals surface area (Å²) < 4.78 is 28.1. The van der Waals surface area contributed by atoms with Crippen LogP contribution in [0, 0.1) is 5.92 Å². The number of aromatic nitrogens is 1. The van der Waals surface area contributed by atoms with Crippen LogP contribution in [0.4, 0.5) is 8.78 Å². The van der Waals surface area contributed by atoms with Crippen LogP contribution in [0.5, 0.6) is 0 Å². The Bertz CT molecular complexity index is 915. The molecule has 1 fully saturated rings. The fourth-order valence-corrected chi connectivity index (χ4v) is 4.02. The van der Waals surface area contributed by atoms with Crippen LogP contribution >= 0.6 is 0 Å². The molecule has 166 valence electrons. The summed E-state index contributed by atoms with van der Waals surface area (Å²) in [5.74, 6) is -3.75. The maximum Gasteiger partial charge on any atom is 0.253 e. The lowest BCUT2D eigenvalue weighted by atomic mass is 9.89. The van der Waals surface area contributed by atoms with Gasteiger partial charge in [-0.25, -0.2) is 13.8 Å². The molecule has 1 saturated heterocycles. The van der Waals surface area contributed by atoms with Crippen LogP contribution in [0.1, 0.15) is 84.0 Å². The number of carbonyl (C=O) groups excluding carboxylic acids is 2. The van der Waals surface area contributed by atoms with E-state index in [0.29, 0.717) is 37.1 Å². The molecule has 4 nitrogen and oxygen atoms in total. The van der Waals surface area contributed by atoms with E-state index in [1.807, 2.05) is 37.3 Å². The summed E-state index contributed by atoms with van der Waals surface area (Å²) in [5.41, 5.74) is 2.42. The van der Waals surface area contributed by atoms with Gasteiger partial charge in [0.1, 0.15) is 5.69 Å². The van der Waals surface area contributed by atoms with Crippen molar-refractivity contribution < 1.29 is 18.4 Å². The number of rotatable bonds is 9. The lowest BCUT2D eigenvalue weighted by Crippen LogP contribution is -2.44. The first-order chi connectivity index (χ1) is 14.8. The van der Waals surface area contributed by atoms with Gasteiger partial charge in [-0.05, 0) is 30.5 Å². The molecule has 0 aliphatic carbocycles. The van der Waals surface area contributed by atoms with Crippen molar-refractivity contribution in [2.45, 2.75) is 57.8 Å². The van der Waals surface area contributed by atoms with Crippen LogP contribution in [-0.4, -0.2) is 35.6 Å². The molecule has 1 aliphatic rings. The summed E-state index contributed by atoms with van der Waals surface area (Å²) in [4.78, 5) is 29.7. The normalized spacial score (nSPS) is 19.0. The minimum atomic E-state index is -2.68. The molecule has 2 atom stereocenters. The zero-order valence-corrected chi connectivity index (χ0v) is 18.2. The number of Topliss-reactive ketones (excluding diaryl/α,β-unsaturated/α-hetero) is 2. The molecule has 0 saturated carbocycles. The van der Waals surface area contributed by atoms with Crippen molar-refractivity contribution in [2.24, 2.45) is 5.92 Å². The van der Waals surface area contributed by atoms with Crippen LogP contribution < -0.4 is 5.32 Å². The number of carbonyl (C=O) groups is 2. The largest absolute Gasteiger partial charge is 0.316 e. The molecule has 1 aromatic heterocycles. The minimum absolute atomic E-state index is 0.0793. The maximum absolute atomic E-state index is 14.0. The van der Waals surface area contributed by atoms with Crippen molar-refractivity contribution in [1.29, 1.82) is 0 Å². The Balaban J connectivity index is 1.76. The number of benzene rings is 1. The Kier molecular flexibility index (Phi) is 7.65. The second-order valence-corrected chi connectivity index (χ2v) is 8.30. The second-order valence-electron chi connectivity index (χ2n) is 8.30. The molecule has 6 heteroatoms. The lowest BCUT2D eigenvalue weighted by molar-refractivity contribution is -0.0811. The molecule has 3 rings (SSSR count). The average molecular weight is 429 g/mol. The fourth-order valence-electron chi connectivity index (χ4n) is 4.02. The van der Waals surface area contributed by atoms with Gasteiger partial charge in [0.05, 0.1) is 0 Å². The van der Waals surface area contributed by atoms with E-state index in [2.05, 4.69) is 10.3 Å². The van der Waals surface area contributed by atoms with Crippen LogP contribution in [0.25, 0.3) is 0 Å². The van der Waals surface area contributed by atoms with Crippen LogP contribution in [0.2, 0.25) is 0 Å². The molecule has 0 amide bonds. The van der Waals surface area contributed by atoms with Crippen molar-refractivity contribution in [3.63, 3.8) is 0 Å². The van der Waals surface area contributed by atoms with Crippen molar-refractivity contribution in [3.8, 4) is 0 Å². The van der Waals surface area contributed by atoms with Crippen molar-refractivity contribution >= 4 is 11.6 Å². The molecule has 1 aromatic carbocycles. The van der Waals surface area contributed by atoms with E-state index in [4.69, 9.17) is 0 Å². The van der Waals surface area contributed by atoms with Crippen LogP contribution in [-0.2, 0) is 0 Å². The Morgan fingerprint density at radius 1 is 1.19 bits per heavy atom. The Morgan fingerprint density at radius 3 is 2.61 bits per heavy atom. The first kappa shape index (κ1) is 23.2. The third-order valence-electron chi connectivity index (χ3n) is 6.10. The minimum Gasteiger partial charge on any atom is -0.316 e. The molecule has 0 spiro atoms. The maximum atomic E-state index is 14.0. The van der Waals surface area contributed by atoms with E-state index < -0.39 is 11.8 Å².